The maximum atomic E-state index is 4.59. The SMILES string of the molecule is CCc1nn(C)c(CC(CSC2CCCC2)NC)c1Br. The third kappa shape index (κ3) is 4.01. The fourth-order valence-electron chi connectivity index (χ4n) is 2.83. The molecule has 1 heterocycles. The minimum Gasteiger partial charge on any atom is -0.316 e. The second-order valence-corrected chi connectivity index (χ2v) is 7.74. The van der Waals surface area contributed by atoms with Gasteiger partial charge in [-0.3, -0.25) is 4.68 Å². The first-order valence-corrected chi connectivity index (χ1v) is 9.49. The van der Waals surface area contributed by atoms with E-state index >= 15 is 0 Å². The van der Waals surface area contributed by atoms with E-state index in [1.165, 1.54) is 47.3 Å². The maximum absolute atomic E-state index is 4.59. The summed E-state index contributed by atoms with van der Waals surface area (Å²) in [4.78, 5) is 0. The Kier molecular flexibility index (Phi) is 6.43. The Labute approximate surface area is 135 Å². The number of rotatable bonds is 7. The van der Waals surface area contributed by atoms with Gasteiger partial charge in [0.25, 0.3) is 0 Å². The van der Waals surface area contributed by atoms with E-state index in [0.29, 0.717) is 6.04 Å². The summed E-state index contributed by atoms with van der Waals surface area (Å²) in [5.74, 6) is 1.19. The minimum atomic E-state index is 0.525. The van der Waals surface area contributed by atoms with E-state index in [0.717, 1.165) is 18.1 Å². The molecule has 114 valence electrons. The summed E-state index contributed by atoms with van der Waals surface area (Å²) in [5, 5.41) is 8.96. The molecule has 1 aliphatic rings. The normalized spacial score (nSPS) is 17.8. The van der Waals surface area contributed by atoms with E-state index in [9.17, 15) is 0 Å². The Bertz CT molecular complexity index is 427. The predicted molar refractivity (Wildman–Crippen MR) is 91.6 cm³/mol. The lowest BCUT2D eigenvalue weighted by atomic mass is 10.1. The van der Waals surface area contributed by atoms with Gasteiger partial charge in [-0.1, -0.05) is 19.8 Å². The van der Waals surface area contributed by atoms with E-state index in [-0.39, 0.29) is 0 Å². The zero-order valence-electron chi connectivity index (χ0n) is 12.8. The summed E-state index contributed by atoms with van der Waals surface area (Å²) >= 11 is 5.87. The number of thioether (sulfide) groups is 1. The minimum absolute atomic E-state index is 0.525. The lowest BCUT2D eigenvalue weighted by Gasteiger charge is -2.18. The van der Waals surface area contributed by atoms with Crippen LogP contribution in [-0.2, 0) is 19.9 Å². The van der Waals surface area contributed by atoms with Crippen molar-refractivity contribution >= 4 is 27.7 Å². The van der Waals surface area contributed by atoms with Gasteiger partial charge in [-0.05, 0) is 42.2 Å². The molecule has 20 heavy (non-hydrogen) atoms. The Morgan fingerprint density at radius 1 is 1.45 bits per heavy atom. The van der Waals surface area contributed by atoms with Crippen molar-refractivity contribution in [2.75, 3.05) is 12.8 Å². The molecule has 1 atom stereocenters. The van der Waals surface area contributed by atoms with Crippen LogP contribution in [0.4, 0.5) is 0 Å². The zero-order chi connectivity index (χ0) is 14.5. The fourth-order valence-corrected chi connectivity index (χ4v) is 5.06. The summed E-state index contributed by atoms with van der Waals surface area (Å²) in [7, 11) is 4.13. The first-order chi connectivity index (χ1) is 9.65. The van der Waals surface area contributed by atoms with Crippen LogP contribution in [-0.4, -0.2) is 33.9 Å². The summed E-state index contributed by atoms with van der Waals surface area (Å²) < 4.78 is 3.24. The van der Waals surface area contributed by atoms with Gasteiger partial charge in [0.1, 0.15) is 0 Å². The molecule has 0 bridgehead atoms. The number of aromatic nitrogens is 2. The lowest BCUT2D eigenvalue weighted by Crippen LogP contribution is -2.31. The molecule has 1 fully saturated rings. The number of hydrogen-bond donors (Lipinski definition) is 1. The molecule has 0 saturated heterocycles. The Morgan fingerprint density at radius 2 is 2.15 bits per heavy atom. The number of likely N-dealkylation sites (N-methyl/N-ethyl adjacent to an activating group) is 1. The maximum Gasteiger partial charge on any atom is 0.0766 e. The molecule has 5 heteroatoms. The van der Waals surface area contributed by atoms with Crippen LogP contribution >= 0.6 is 27.7 Å². The van der Waals surface area contributed by atoms with Gasteiger partial charge >= 0.3 is 0 Å². The average Bonchev–Trinajstić information content (AvgIpc) is 3.05. The molecule has 1 aliphatic carbocycles. The third-order valence-corrected chi connectivity index (χ3v) is 6.64. The fraction of sp³-hybridized carbons (Fsp3) is 0.800. The van der Waals surface area contributed by atoms with Crippen molar-refractivity contribution in [1.82, 2.24) is 15.1 Å². The molecule has 1 N–H and O–H groups in total. The molecular formula is C15H26BrN3S. The smallest absolute Gasteiger partial charge is 0.0766 e. The van der Waals surface area contributed by atoms with Gasteiger partial charge in [0.15, 0.2) is 0 Å². The van der Waals surface area contributed by atoms with Crippen LogP contribution in [0.2, 0.25) is 0 Å². The molecule has 1 unspecified atom stereocenters. The van der Waals surface area contributed by atoms with E-state index in [4.69, 9.17) is 0 Å². The zero-order valence-corrected chi connectivity index (χ0v) is 15.2. The van der Waals surface area contributed by atoms with Crippen LogP contribution in [0.1, 0.15) is 44.0 Å². The van der Waals surface area contributed by atoms with Gasteiger partial charge in [0, 0.05) is 30.5 Å². The second-order valence-electron chi connectivity index (χ2n) is 5.61. The highest BCUT2D eigenvalue weighted by molar-refractivity contribution is 9.10. The van der Waals surface area contributed by atoms with Crippen LogP contribution in [0.3, 0.4) is 0 Å². The van der Waals surface area contributed by atoms with Crippen molar-refractivity contribution < 1.29 is 0 Å². The number of nitrogens with zero attached hydrogens (tertiary/aromatic N) is 2. The Balaban J connectivity index is 1.93. The summed E-state index contributed by atoms with van der Waals surface area (Å²) in [6.07, 6.45) is 7.70. The van der Waals surface area contributed by atoms with Crippen molar-refractivity contribution in [3.05, 3.63) is 15.9 Å². The van der Waals surface area contributed by atoms with Crippen molar-refractivity contribution in [2.45, 2.75) is 56.7 Å². The predicted octanol–water partition coefficient (Wildman–Crippen LogP) is 3.55. The standard InChI is InChI=1S/C15H26BrN3S/c1-4-13-15(16)14(19(3)18-13)9-11(17-2)10-20-12-7-5-6-8-12/h11-12,17H,4-10H2,1-3H3. The molecule has 1 aromatic heterocycles. The van der Waals surface area contributed by atoms with E-state index in [1.54, 1.807) is 0 Å². The Morgan fingerprint density at radius 3 is 2.70 bits per heavy atom. The molecule has 3 nitrogen and oxygen atoms in total. The number of hydrogen-bond acceptors (Lipinski definition) is 3. The molecule has 0 spiro atoms. The Hall–Kier alpha value is -0.0000000000000000555. The van der Waals surface area contributed by atoms with Gasteiger partial charge < -0.3 is 5.32 Å². The number of halogens is 1. The lowest BCUT2D eigenvalue weighted by molar-refractivity contribution is 0.579. The average molecular weight is 360 g/mol. The van der Waals surface area contributed by atoms with Crippen molar-refractivity contribution in [3.8, 4) is 0 Å². The quantitative estimate of drug-likeness (QED) is 0.807. The molecule has 2 rings (SSSR count). The van der Waals surface area contributed by atoms with Gasteiger partial charge in [-0.2, -0.15) is 16.9 Å². The highest BCUT2D eigenvalue weighted by Crippen LogP contribution is 2.30. The summed E-state index contributed by atoms with van der Waals surface area (Å²) in [6.45, 7) is 2.16. The summed E-state index contributed by atoms with van der Waals surface area (Å²) in [5.41, 5.74) is 2.48. The van der Waals surface area contributed by atoms with Gasteiger partial charge in [-0.25, -0.2) is 0 Å². The second kappa shape index (κ2) is 7.85. The summed E-state index contributed by atoms with van der Waals surface area (Å²) in [6, 6.07) is 0.525. The first kappa shape index (κ1) is 16.4. The van der Waals surface area contributed by atoms with Crippen molar-refractivity contribution in [1.29, 1.82) is 0 Å². The molecule has 1 saturated carbocycles. The molecule has 0 radical (unpaired) electrons. The first-order valence-electron chi connectivity index (χ1n) is 7.64. The van der Waals surface area contributed by atoms with E-state index in [2.05, 4.69) is 59.1 Å². The number of nitrogens with one attached hydrogen (secondary N) is 1. The highest BCUT2D eigenvalue weighted by atomic mass is 79.9. The largest absolute Gasteiger partial charge is 0.316 e. The van der Waals surface area contributed by atoms with E-state index in [1.807, 2.05) is 4.68 Å². The van der Waals surface area contributed by atoms with Crippen LogP contribution in [0.15, 0.2) is 4.47 Å². The van der Waals surface area contributed by atoms with Crippen LogP contribution in [0, 0.1) is 0 Å². The molecule has 0 aromatic carbocycles. The van der Waals surface area contributed by atoms with Crippen LogP contribution in [0.5, 0.6) is 0 Å². The van der Waals surface area contributed by atoms with Crippen LogP contribution < -0.4 is 5.32 Å². The topological polar surface area (TPSA) is 29.9 Å². The molecule has 0 aliphatic heterocycles. The highest BCUT2D eigenvalue weighted by Gasteiger charge is 2.20. The molecular weight excluding hydrogens is 334 g/mol. The van der Waals surface area contributed by atoms with E-state index < -0.39 is 0 Å². The molecule has 0 amide bonds. The van der Waals surface area contributed by atoms with Gasteiger partial charge in [-0.15, -0.1) is 0 Å². The van der Waals surface area contributed by atoms with Crippen molar-refractivity contribution in [3.63, 3.8) is 0 Å². The monoisotopic (exact) mass is 359 g/mol. The van der Waals surface area contributed by atoms with Gasteiger partial charge in [0.05, 0.1) is 15.9 Å². The third-order valence-electron chi connectivity index (χ3n) is 4.19. The van der Waals surface area contributed by atoms with Crippen molar-refractivity contribution in [2.24, 2.45) is 7.05 Å². The van der Waals surface area contributed by atoms with Crippen LogP contribution in [0.25, 0.3) is 0 Å². The van der Waals surface area contributed by atoms with Gasteiger partial charge in [0.2, 0.25) is 0 Å². The molecule has 1 aromatic rings. The number of aryl methyl sites for hydroxylation is 2.